The van der Waals surface area contributed by atoms with Gasteiger partial charge >= 0.3 is 14.8 Å². The summed E-state index contributed by atoms with van der Waals surface area (Å²) in [6, 6.07) is 15.4. The lowest BCUT2D eigenvalue weighted by atomic mass is 10.00. The van der Waals surface area contributed by atoms with Crippen molar-refractivity contribution in [3.63, 3.8) is 0 Å². The maximum Gasteiger partial charge on any atom is 0.500 e. The molecule has 2 aromatic rings. The summed E-state index contributed by atoms with van der Waals surface area (Å²) in [4.78, 5) is 11.3. The summed E-state index contributed by atoms with van der Waals surface area (Å²) in [5.41, 5.74) is 4.51. The van der Waals surface area contributed by atoms with Crippen molar-refractivity contribution in [3.05, 3.63) is 66.2 Å². The number of carbonyl (C=O) groups is 1. The minimum atomic E-state index is -2.71. The number of hydrogen-bond acceptors (Lipinski definition) is 6. The van der Waals surface area contributed by atoms with Crippen LogP contribution in [0, 0.1) is 0 Å². The second kappa shape index (κ2) is 13.2. The Morgan fingerprint density at radius 2 is 1.59 bits per heavy atom. The van der Waals surface area contributed by atoms with Gasteiger partial charge in [0.2, 0.25) is 0 Å². The van der Waals surface area contributed by atoms with E-state index in [9.17, 15) is 4.79 Å². The van der Waals surface area contributed by atoms with Crippen LogP contribution >= 0.6 is 0 Å². The molecule has 0 radical (unpaired) electrons. The van der Waals surface area contributed by atoms with Crippen molar-refractivity contribution in [2.75, 3.05) is 34.5 Å². The Labute approximate surface area is 192 Å². The average Bonchev–Trinajstić information content (AvgIpc) is 2.84. The summed E-state index contributed by atoms with van der Waals surface area (Å²) in [7, 11) is 2.11. The molecule has 32 heavy (non-hydrogen) atoms. The van der Waals surface area contributed by atoms with Gasteiger partial charge in [0, 0.05) is 33.4 Å². The van der Waals surface area contributed by atoms with E-state index in [2.05, 4.69) is 49.9 Å². The Kier molecular flexibility index (Phi) is 10.6. The van der Waals surface area contributed by atoms with Gasteiger partial charge in [0.15, 0.2) is 0 Å². The van der Waals surface area contributed by atoms with Gasteiger partial charge in [0.1, 0.15) is 19.0 Å². The van der Waals surface area contributed by atoms with Crippen molar-refractivity contribution < 1.29 is 27.5 Å². The highest BCUT2D eigenvalue weighted by Crippen LogP contribution is 2.30. The SMILES string of the molecule is C=CC(=O)OCCOc1cc(-c2ccc(CCC)cc2)ccc1CC[Si](OC)(OC)OC. The molecule has 0 aliphatic heterocycles. The topological polar surface area (TPSA) is 63.2 Å². The number of hydrogen-bond donors (Lipinski definition) is 0. The van der Waals surface area contributed by atoms with Crippen LogP contribution in [0.3, 0.4) is 0 Å². The quantitative estimate of drug-likeness (QED) is 0.175. The standard InChI is InChI=1S/C25H34O6Si/c1-6-8-20-9-11-21(12-10-20)23-14-13-22(15-18-32(27-3,28-4)29-5)24(19-23)30-16-17-31-25(26)7-2/h7,9-14,19H,2,6,8,15-18H2,1,3-5H3. The summed E-state index contributed by atoms with van der Waals surface area (Å²) in [5.74, 6) is 0.270. The fourth-order valence-corrected chi connectivity index (χ4v) is 5.11. The third-order valence-corrected chi connectivity index (χ3v) is 8.01. The third kappa shape index (κ3) is 7.31. The summed E-state index contributed by atoms with van der Waals surface area (Å²) in [5, 5.41) is 0. The molecule has 0 heterocycles. The lowest BCUT2D eigenvalue weighted by Gasteiger charge is -2.24. The first-order valence-corrected chi connectivity index (χ1v) is 12.7. The molecule has 2 rings (SSSR count). The molecule has 0 spiro atoms. The maximum absolute atomic E-state index is 11.3. The van der Waals surface area contributed by atoms with E-state index in [-0.39, 0.29) is 13.2 Å². The lowest BCUT2D eigenvalue weighted by molar-refractivity contribution is -0.138. The van der Waals surface area contributed by atoms with Crippen LogP contribution in [0.4, 0.5) is 0 Å². The molecule has 0 N–H and O–H groups in total. The smallest absolute Gasteiger partial charge is 0.490 e. The molecule has 0 aromatic heterocycles. The highest BCUT2D eigenvalue weighted by atomic mass is 28.4. The molecule has 6 nitrogen and oxygen atoms in total. The number of ether oxygens (including phenoxy) is 2. The predicted octanol–water partition coefficient (Wildman–Crippen LogP) is 4.83. The van der Waals surface area contributed by atoms with Crippen LogP contribution in [-0.2, 0) is 35.7 Å². The number of benzene rings is 2. The summed E-state index contributed by atoms with van der Waals surface area (Å²) in [6.45, 7) is 5.97. The number of carbonyl (C=O) groups excluding carboxylic acids is 1. The molecule has 0 atom stereocenters. The molecule has 0 aliphatic rings. The van der Waals surface area contributed by atoms with E-state index in [0.717, 1.165) is 41.4 Å². The monoisotopic (exact) mass is 458 g/mol. The van der Waals surface area contributed by atoms with Gasteiger partial charge < -0.3 is 22.8 Å². The minimum absolute atomic E-state index is 0.146. The van der Waals surface area contributed by atoms with Crippen LogP contribution in [0.1, 0.15) is 24.5 Å². The average molecular weight is 459 g/mol. The second-order valence-corrected chi connectivity index (χ2v) is 10.4. The highest BCUT2D eigenvalue weighted by molar-refractivity contribution is 6.60. The summed E-state index contributed by atoms with van der Waals surface area (Å²) < 4.78 is 27.7. The van der Waals surface area contributed by atoms with Crippen molar-refractivity contribution in [3.8, 4) is 16.9 Å². The van der Waals surface area contributed by atoms with Gasteiger partial charge in [-0.15, -0.1) is 0 Å². The zero-order chi connectivity index (χ0) is 23.4. The molecule has 0 aliphatic carbocycles. The number of rotatable bonds is 14. The fourth-order valence-electron chi connectivity index (χ4n) is 3.42. The van der Waals surface area contributed by atoms with Gasteiger partial charge in [-0.2, -0.15) is 0 Å². The second-order valence-electron chi connectivity index (χ2n) is 7.28. The van der Waals surface area contributed by atoms with Crippen LogP contribution in [0.25, 0.3) is 11.1 Å². The predicted molar refractivity (Wildman–Crippen MR) is 128 cm³/mol. The third-order valence-electron chi connectivity index (χ3n) is 5.28. The number of aryl methyl sites for hydroxylation is 2. The molecule has 2 aromatic carbocycles. The van der Waals surface area contributed by atoms with Crippen molar-refractivity contribution in [1.29, 1.82) is 0 Å². The Morgan fingerprint density at radius 3 is 2.19 bits per heavy atom. The van der Waals surface area contributed by atoms with Crippen LogP contribution in [0.2, 0.25) is 6.04 Å². The zero-order valence-electron chi connectivity index (χ0n) is 19.5. The van der Waals surface area contributed by atoms with E-state index in [4.69, 9.17) is 22.8 Å². The van der Waals surface area contributed by atoms with Crippen molar-refractivity contribution >= 4 is 14.8 Å². The van der Waals surface area contributed by atoms with Gasteiger partial charge in [0.05, 0.1) is 0 Å². The molecular weight excluding hydrogens is 424 g/mol. The Bertz CT molecular complexity index is 853. The van der Waals surface area contributed by atoms with Crippen LogP contribution in [-0.4, -0.2) is 49.3 Å². The van der Waals surface area contributed by atoms with Crippen LogP contribution in [0.15, 0.2) is 55.1 Å². The Morgan fingerprint density at radius 1 is 0.938 bits per heavy atom. The fraction of sp³-hybridized carbons (Fsp3) is 0.400. The van der Waals surface area contributed by atoms with E-state index in [1.165, 1.54) is 5.56 Å². The van der Waals surface area contributed by atoms with E-state index in [1.807, 2.05) is 6.07 Å². The van der Waals surface area contributed by atoms with E-state index in [0.29, 0.717) is 12.5 Å². The minimum Gasteiger partial charge on any atom is -0.490 e. The zero-order valence-corrected chi connectivity index (χ0v) is 20.5. The van der Waals surface area contributed by atoms with Gasteiger partial charge in [-0.25, -0.2) is 4.79 Å². The Hall–Kier alpha value is -2.45. The molecule has 7 heteroatoms. The van der Waals surface area contributed by atoms with Crippen molar-refractivity contribution in [2.24, 2.45) is 0 Å². The molecule has 0 amide bonds. The molecule has 0 saturated heterocycles. The first-order chi connectivity index (χ1) is 15.5. The highest BCUT2D eigenvalue weighted by Gasteiger charge is 2.37. The largest absolute Gasteiger partial charge is 0.500 e. The van der Waals surface area contributed by atoms with E-state index >= 15 is 0 Å². The molecule has 174 valence electrons. The molecule has 0 bridgehead atoms. The van der Waals surface area contributed by atoms with Gasteiger partial charge in [-0.3, -0.25) is 0 Å². The first kappa shape index (κ1) is 25.8. The van der Waals surface area contributed by atoms with Gasteiger partial charge in [0.25, 0.3) is 0 Å². The lowest BCUT2D eigenvalue weighted by Crippen LogP contribution is -2.43. The van der Waals surface area contributed by atoms with Crippen molar-refractivity contribution in [1.82, 2.24) is 0 Å². The molecular formula is C25H34O6Si. The molecule has 0 unspecified atom stereocenters. The van der Waals surface area contributed by atoms with Crippen LogP contribution < -0.4 is 4.74 Å². The summed E-state index contributed by atoms with van der Waals surface area (Å²) in [6.07, 6.45) is 4.00. The van der Waals surface area contributed by atoms with Crippen LogP contribution in [0.5, 0.6) is 5.75 Å². The number of esters is 1. The maximum atomic E-state index is 11.3. The molecule has 0 saturated carbocycles. The molecule has 0 fully saturated rings. The first-order valence-electron chi connectivity index (χ1n) is 10.8. The van der Waals surface area contributed by atoms with E-state index in [1.54, 1.807) is 21.3 Å². The normalized spacial score (nSPS) is 11.2. The van der Waals surface area contributed by atoms with Crippen molar-refractivity contribution in [2.45, 2.75) is 32.2 Å². The van der Waals surface area contributed by atoms with Gasteiger partial charge in [-0.1, -0.05) is 56.3 Å². The van der Waals surface area contributed by atoms with Gasteiger partial charge in [-0.05, 0) is 41.2 Å². The Balaban J connectivity index is 2.22. The summed E-state index contributed by atoms with van der Waals surface area (Å²) >= 11 is 0. The van der Waals surface area contributed by atoms with E-state index < -0.39 is 14.8 Å².